The predicted octanol–water partition coefficient (Wildman–Crippen LogP) is 16.8. The Morgan fingerprint density at radius 1 is 0.167 bits per heavy atom. The van der Waals surface area contributed by atoms with Crippen molar-refractivity contribution < 1.29 is 0 Å². The fourth-order valence-corrected chi connectivity index (χ4v) is 9.21. The van der Waals surface area contributed by atoms with E-state index in [0.717, 1.165) is 0 Å². The van der Waals surface area contributed by atoms with Crippen molar-refractivity contribution in [3.8, 4) is 77.9 Å². The van der Waals surface area contributed by atoms with Crippen LogP contribution in [0.5, 0.6) is 0 Å². The summed E-state index contributed by atoms with van der Waals surface area (Å²) in [4.78, 5) is 0. The highest BCUT2D eigenvalue weighted by molar-refractivity contribution is 6.21. The Bertz CT molecular complexity index is 3280. The van der Waals surface area contributed by atoms with Gasteiger partial charge in [-0.05, 0) is 128 Å². The maximum atomic E-state index is 2.45. The van der Waals surface area contributed by atoms with Gasteiger partial charge < -0.3 is 0 Å². The monoisotopic (exact) mass is 760 g/mol. The quantitative estimate of drug-likeness (QED) is 0.142. The summed E-state index contributed by atoms with van der Waals surface area (Å²) < 4.78 is 0. The van der Waals surface area contributed by atoms with Gasteiger partial charge in [0.25, 0.3) is 0 Å². The van der Waals surface area contributed by atoms with E-state index in [2.05, 4.69) is 243 Å². The molecular formula is C60H40. The van der Waals surface area contributed by atoms with Crippen molar-refractivity contribution in [2.24, 2.45) is 0 Å². The van der Waals surface area contributed by atoms with E-state index in [0.29, 0.717) is 0 Å². The second-order valence-electron chi connectivity index (χ2n) is 15.6. The zero-order valence-electron chi connectivity index (χ0n) is 33.1. The highest BCUT2D eigenvalue weighted by atomic mass is 14.2. The molecule has 0 saturated heterocycles. The fraction of sp³-hybridized carbons (Fsp3) is 0. The second-order valence-corrected chi connectivity index (χ2v) is 15.6. The molecule has 0 nitrogen and oxygen atoms in total. The molecule has 0 saturated carbocycles. The highest BCUT2D eigenvalue weighted by Crippen LogP contribution is 2.47. The Kier molecular flexibility index (Phi) is 8.95. The van der Waals surface area contributed by atoms with Gasteiger partial charge in [0.05, 0.1) is 0 Å². The molecule has 0 radical (unpaired) electrons. The average molecular weight is 761 g/mol. The minimum absolute atomic E-state index is 1.19. The molecule has 0 heterocycles. The maximum Gasteiger partial charge on any atom is -0.00261 e. The van der Waals surface area contributed by atoms with Crippen LogP contribution in [0.3, 0.4) is 0 Å². The van der Waals surface area contributed by atoms with Crippen molar-refractivity contribution in [3.05, 3.63) is 243 Å². The topological polar surface area (TPSA) is 0 Å². The van der Waals surface area contributed by atoms with Gasteiger partial charge in [0, 0.05) is 0 Å². The predicted molar refractivity (Wildman–Crippen MR) is 257 cm³/mol. The van der Waals surface area contributed by atoms with E-state index in [1.54, 1.807) is 0 Å². The molecule has 0 N–H and O–H groups in total. The van der Waals surface area contributed by atoms with Gasteiger partial charge in [-0.3, -0.25) is 0 Å². The summed E-state index contributed by atoms with van der Waals surface area (Å²) in [5.74, 6) is 0. The molecule has 11 rings (SSSR count). The van der Waals surface area contributed by atoms with Crippen molar-refractivity contribution in [2.45, 2.75) is 0 Å². The zero-order valence-corrected chi connectivity index (χ0v) is 33.1. The lowest BCUT2D eigenvalue weighted by Gasteiger charge is -2.20. The van der Waals surface area contributed by atoms with Crippen molar-refractivity contribution in [3.63, 3.8) is 0 Å². The molecule has 60 heavy (non-hydrogen) atoms. The van der Waals surface area contributed by atoms with Crippen LogP contribution in [-0.4, -0.2) is 0 Å². The summed E-state index contributed by atoms with van der Waals surface area (Å²) in [6.07, 6.45) is 0. The molecule has 0 aliphatic rings. The van der Waals surface area contributed by atoms with E-state index in [1.807, 2.05) is 0 Å². The first kappa shape index (κ1) is 35.4. The average Bonchev–Trinajstić information content (AvgIpc) is 3.33. The summed E-state index contributed by atoms with van der Waals surface area (Å²) in [6, 6.07) is 88.9. The molecule has 0 bridgehead atoms. The number of hydrogen-bond acceptors (Lipinski definition) is 0. The normalized spacial score (nSPS) is 11.3. The van der Waals surface area contributed by atoms with E-state index >= 15 is 0 Å². The van der Waals surface area contributed by atoms with Crippen molar-refractivity contribution in [1.29, 1.82) is 0 Å². The van der Waals surface area contributed by atoms with Gasteiger partial charge in [0.1, 0.15) is 0 Å². The molecule has 0 aliphatic carbocycles. The first-order valence-electron chi connectivity index (χ1n) is 20.7. The van der Waals surface area contributed by atoms with E-state index in [9.17, 15) is 0 Å². The molecule has 0 aliphatic heterocycles. The summed E-state index contributed by atoms with van der Waals surface area (Å²) in [6.45, 7) is 0. The van der Waals surface area contributed by atoms with Crippen molar-refractivity contribution in [1.82, 2.24) is 0 Å². The van der Waals surface area contributed by atoms with E-state index in [1.165, 1.54) is 110 Å². The van der Waals surface area contributed by atoms with Gasteiger partial charge in [-0.15, -0.1) is 0 Å². The number of fused-ring (bicyclic) bond motifs is 3. The standard InChI is InChI=1S/C60H40/c1-3-16-41(17-4-1)43-30-33-44(34-31-43)52-37-36-50(60-56-28-13-11-26-54(56)59(45-19-5-2-6-20-45)55-27-12-14-29-57(55)60)40-58(52)53-25-10-9-24-51(53)49-23-15-22-47(39-49)48-35-32-42-18-7-8-21-46(42)38-48/h1-40H. The van der Waals surface area contributed by atoms with Gasteiger partial charge >= 0.3 is 0 Å². The lowest BCUT2D eigenvalue weighted by Crippen LogP contribution is -1.94. The largest absolute Gasteiger partial charge is 0.0622 e. The third-order valence-electron chi connectivity index (χ3n) is 12.1. The SMILES string of the molecule is c1ccc(-c2ccc(-c3ccc(-c4c5ccccc5c(-c5ccccc5)c5ccccc45)cc3-c3ccccc3-c3cccc(-c4ccc5ccccc5c4)c3)cc2)cc1. The Balaban J connectivity index is 1.13. The molecule has 0 atom stereocenters. The van der Waals surface area contributed by atoms with Crippen LogP contribution in [0.1, 0.15) is 0 Å². The van der Waals surface area contributed by atoms with Crippen molar-refractivity contribution >= 4 is 32.3 Å². The first-order valence-corrected chi connectivity index (χ1v) is 20.7. The van der Waals surface area contributed by atoms with Crippen LogP contribution in [0.4, 0.5) is 0 Å². The van der Waals surface area contributed by atoms with Gasteiger partial charge in [-0.25, -0.2) is 0 Å². The molecule has 0 fully saturated rings. The molecule has 0 unspecified atom stereocenters. The van der Waals surface area contributed by atoms with Crippen LogP contribution in [0.15, 0.2) is 243 Å². The van der Waals surface area contributed by atoms with Crippen LogP contribution in [0.2, 0.25) is 0 Å². The van der Waals surface area contributed by atoms with E-state index in [-0.39, 0.29) is 0 Å². The summed E-state index contributed by atoms with van der Waals surface area (Å²) in [5, 5.41) is 7.50. The summed E-state index contributed by atoms with van der Waals surface area (Å²) in [5.41, 5.74) is 17.0. The minimum Gasteiger partial charge on any atom is -0.0622 e. The fourth-order valence-electron chi connectivity index (χ4n) is 9.21. The summed E-state index contributed by atoms with van der Waals surface area (Å²) in [7, 11) is 0. The maximum absolute atomic E-state index is 2.45. The Labute approximate surface area is 351 Å². The summed E-state index contributed by atoms with van der Waals surface area (Å²) >= 11 is 0. The Morgan fingerprint density at radius 2 is 0.600 bits per heavy atom. The number of benzene rings is 11. The van der Waals surface area contributed by atoms with Gasteiger partial charge in [-0.1, -0.05) is 224 Å². The number of rotatable bonds is 7. The third-order valence-corrected chi connectivity index (χ3v) is 12.1. The highest BCUT2D eigenvalue weighted by Gasteiger charge is 2.20. The molecule has 0 heteroatoms. The molecule has 280 valence electrons. The van der Waals surface area contributed by atoms with Crippen LogP contribution >= 0.6 is 0 Å². The van der Waals surface area contributed by atoms with Gasteiger partial charge in [0.2, 0.25) is 0 Å². The Morgan fingerprint density at radius 3 is 1.28 bits per heavy atom. The second kappa shape index (κ2) is 15.2. The zero-order chi connectivity index (χ0) is 39.8. The van der Waals surface area contributed by atoms with Crippen LogP contribution < -0.4 is 0 Å². The lowest BCUT2D eigenvalue weighted by atomic mass is 9.83. The van der Waals surface area contributed by atoms with Crippen LogP contribution in [0, 0.1) is 0 Å². The molecule has 0 amide bonds. The molecule has 0 spiro atoms. The first-order chi connectivity index (χ1) is 29.8. The van der Waals surface area contributed by atoms with Crippen LogP contribution in [-0.2, 0) is 0 Å². The van der Waals surface area contributed by atoms with Gasteiger partial charge in [-0.2, -0.15) is 0 Å². The number of hydrogen-bond donors (Lipinski definition) is 0. The smallest absolute Gasteiger partial charge is 0.00261 e. The molecule has 0 aromatic heterocycles. The molecular weight excluding hydrogens is 721 g/mol. The van der Waals surface area contributed by atoms with Crippen molar-refractivity contribution in [2.75, 3.05) is 0 Å². The van der Waals surface area contributed by atoms with E-state index < -0.39 is 0 Å². The van der Waals surface area contributed by atoms with Crippen LogP contribution in [0.25, 0.3) is 110 Å². The van der Waals surface area contributed by atoms with E-state index in [4.69, 9.17) is 0 Å². The molecule has 11 aromatic rings. The molecule has 11 aromatic carbocycles. The third kappa shape index (κ3) is 6.36. The van der Waals surface area contributed by atoms with Gasteiger partial charge in [0.15, 0.2) is 0 Å². The Hall–Kier alpha value is -7.80. The lowest BCUT2D eigenvalue weighted by molar-refractivity contribution is 1.55. The minimum atomic E-state index is 1.19.